The van der Waals surface area contributed by atoms with Crippen molar-refractivity contribution in [3.8, 4) is 5.75 Å². The average molecular weight is 357 g/mol. The zero-order valence-electron chi connectivity index (χ0n) is 10.6. The lowest BCUT2D eigenvalue weighted by atomic mass is 10.2. The van der Waals surface area contributed by atoms with E-state index in [1.165, 1.54) is 18.2 Å². The van der Waals surface area contributed by atoms with E-state index >= 15 is 0 Å². The van der Waals surface area contributed by atoms with Crippen LogP contribution in [0.15, 0.2) is 45.8 Å². The number of phenolic OH excluding ortho intramolecular Hbond substituents is 1. The number of nitrogen functional groups attached to an aromatic ring is 1. The van der Waals surface area contributed by atoms with E-state index in [1.54, 1.807) is 25.1 Å². The SMILES string of the molecule is Cc1c(N)cc(Br)cc1S(=O)(=O)Nc1cccc(O)c1. The molecule has 0 amide bonds. The summed E-state index contributed by atoms with van der Waals surface area (Å²) < 4.78 is 27.7. The first-order valence-corrected chi connectivity index (χ1v) is 7.95. The standard InChI is InChI=1S/C13H13BrN2O3S/c1-8-12(15)5-9(14)6-13(8)20(18,19)16-10-3-2-4-11(17)7-10/h2-7,16-17H,15H2,1H3. The maximum Gasteiger partial charge on any atom is 0.262 e. The second kappa shape index (κ2) is 5.34. The Kier molecular flexibility index (Phi) is 3.92. The lowest BCUT2D eigenvalue weighted by Crippen LogP contribution is -2.15. The molecule has 0 aliphatic carbocycles. The minimum Gasteiger partial charge on any atom is -0.508 e. The predicted molar refractivity (Wildman–Crippen MR) is 82.2 cm³/mol. The van der Waals surface area contributed by atoms with Crippen molar-refractivity contribution in [3.05, 3.63) is 46.4 Å². The number of rotatable bonds is 3. The van der Waals surface area contributed by atoms with E-state index in [4.69, 9.17) is 5.73 Å². The van der Waals surface area contributed by atoms with Gasteiger partial charge in [-0.05, 0) is 36.8 Å². The summed E-state index contributed by atoms with van der Waals surface area (Å²) in [5.74, 6) is -0.0179. The van der Waals surface area contributed by atoms with Gasteiger partial charge in [-0.2, -0.15) is 0 Å². The molecule has 5 nitrogen and oxygen atoms in total. The number of halogens is 1. The topological polar surface area (TPSA) is 92.4 Å². The quantitative estimate of drug-likeness (QED) is 0.737. The van der Waals surface area contributed by atoms with Crippen molar-refractivity contribution < 1.29 is 13.5 Å². The second-order valence-electron chi connectivity index (χ2n) is 4.27. The summed E-state index contributed by atoms with van der Waals surface area (Å²) in [7, 11) is -3.78. The Morgan fingerprint density at radius 2 is 1.95 bits per heavy atom. The monoisotopic (exact) mass is 356 g/mol. The van der Waals surface area contributed by atoms with Gasteiger partial charge < -0.3 is 10.8 Å². The molecular weight excluding hydrogens is 344 g/mol. The molecule has 2 rings (SSSR count). The first-order valence-electron chi connectivity index (χ1n) is 5.67. The van der Waals surface area contributed by atoms with Gasteiger partial charge in [-0.15, -0.1) is 0 Å². The fourth-order valence-electron chi connectivity index (χ4n) is 1.73. The van der Waals surface area contributed by atoms with Crippen molar-refractivity contribution in [1.29, 1.82) is 0 Å². The highest BCUT2D eigenvalue weighted by Gasteiger charge is 2.19. The predicted octanol–water partition coefficient (Wildman–Crippen LogP) is 2.85. The molecular formula is C13H13BrN2O3S. The minimum atomic E-state index is -3.78. The Balaban J connectivity index is 2.46. The molecule has 0 aliphatic heterocycles. The van der Waals surface area contributed by atoms with Gasteiger partial charge in [-0.1, -0.05) is 22.0 Å². The Morgan fingerprint density at radius 3 is 2.60 bits per heavy atom. The average Bonchev–Trinajstić information content (AvgIpc) is 2.33. The van der Waals surface area contributed by atoms with Crippen molar-refractivity contribution in [2.24, 2.45) is 0 Å². The molecule has 0 bridgehead atoms. The Morgan fingerprint density at radius 1 is 1.25 bits per heavy atom. The summed E-state index contributed by atoms with van der Waals surface area (Å²) in [6.45, 7) is 1.64. The molecule has 0 spiro atoms. The number of nitrogens with two attached hydrogens (primary N) is 1. The number of hydrogen-bond acceptors (Lipinski definition) is 4. The summed E-state index contributed by atoms with van der Waals surface area (Å²) in [5, 5.41) is 9.36. The number of hydrogen-bond donors (Lipinski definition) is 3. The maximum absolute atomic E-state index is 12.4. The van der Waals surface area contributed by atoms with Crippen molar-refractivity contribution in [1.82, 2.24) is 0 Å². The number of aromatic hydroxyl groups is 1. The van der Waals surface area contributed by atoms with Gasteiger partial charge in [0, 0.05) is 16.2 Å². The fourth-order valence-corrected chi connectivity index (χ4v) is 3.71. The molecule has 0 atom stereocenters. The smallest absolute Gasteiger partial charge is 0.262 e. The third-order valence-corrected chi connectivity index (χ3v) is 4.72. The molecule has 0 saturated heterocycles. The van der Waals surface area contributed by atoms with Gasteiger partial charge in [-0.3, -0.25) is 4.72 Å². The number of sulfonamides is 1. The molecule has 20 heavy (non-hydrogen) atoms. The summed E-state index contributed by atoms with van der Waals surface area (Å²) >= 11 is 3.22. The Labute approximate surface area is 125 Å². The lowest BCUT2D eigenvalue weighted by Gasteiger charge is -2.12. The number of nitrogens with one attached hydrogen (secondary N) is 1. The molecule has 7 heteroatoms. The van der Waals surface area contributed by atoms with Gasteiger partial charge in [0.05, 0.1) is 10.6 Å². The normalized spacial score (nSPS) is 11.3. The number of phenols is 1. The zero-order chi connectivity index (χ0) is 14.9. The van der Waals surface area contributed by atoms with Gasteiger partial charge in [0.25, 0.3) is 10.0 Å². The number of benzene rings is 2. The van der Waals surface area contributed by atoms with E-state index in [1.807, 2.05) is 0 Å². The molecule has 2 aromatic rings. The maximum atomic E-state index is 12.4. The molecule has 4 N–H and O–H groups in total. The van der Waals surface area contributed by atoms with Crippen LogP contribution in [0.2, 0.25) is 0 Å². The minimum absolute atomic E-state index is 0.0179. The lowest BCUT2D eigenvalue weighted by molar-refractivity contribution is 0.475. The summed E-state index contributed by atoms with van der Waals surface area (Å²) in [6.07, 6.45) is 0. The van der Waals surface area contributed by atoms with Crippen LogP contribution >= 0.6 is 15.9 Å². The fraction of sp³-hybridized carbons (Fsp3) is 0.0769. The van der Waals surface area contributed by atoms with Crippen molar-refractivity contribution in [2.75, 3.05) is 10.5 Å². The second-order valence-corrected chi connectivity index (χ2v) is 6.84. The van der Waals surface area contributed by atoms with Crippen molar-refractivity contribution in [2.45, 2.75) is 11.8 Å². The third kappa shape index (κ3) is 3.05. The van der Waals surface area contributed by atoms with Crippen LogP contribution in [-0.4, -0.2) is 13.5 Å². The number of anilines is 2. The van der Waals surface area contributed by atoms with Gasteiger partial charge in [0.2, 0.25) is 0 Å². The van der Waals surface area contributed by atoms with Crippen LogP contribution in [0.25, 0.3) is 0 Å². The summed E-state index contributed by atoms with van der Waals surface area (Å²) in [5.41, 5.74) is 6.91. The molecule has 0 aliphatic rings. The molecule has 106 valence electrons. The highest BCUT2D eigenvalue weighted by Crippen LogP contribution is 2.28. The Hall–Kier alpha value is -1.73. The molecule has 0 fully saturated rings. The Bertz CT molecular complexity index is 760. The largest absolute Gasteiger partial charge is 0.508 e. The van der Waals surface area contributed by atoms with E-state index in [-0.39, 0.29) is 16.3 Å². The molecule has 0 saturated carbocycles. The van der Waals surface area contributed by atoms with Crippen molar-refractivity contribution >= 4 is 37.3 Å². The first kappa shape index (κ1) is 14.7. The van der Waals surface area contributed by atoms with Crippen LogP contribution < -0.4 is 10.5 Å². The van der Waals surface area contributed by atoms with Gasteiger partial charge in [0.1, 0.15) is 5.75 Å². The van der Waals surface area contributed by atoms with E-state index < -0.39 is 10.0 Å². The van der Waals surface area contributed by atoms with Crippen LogP contribution in [0.1, 0.15) is 5.56 Å². The van der Waals surface area contributed by atoms with Gasteiger partial charge in [-0.25, -0.2) is 8.42 Å². The van der Waals surface area contributed by atoms with E-state index in [2.05, 4.69) is 20.7 Å². The molecule has 0 unspecified atom stereocenters. The first-order chi connectivity index (χ1) is 9.29. The van der Waals surface area contributed by atoms with E-state index in [9.17, 15) is 13.5 Å². The van der Waals surface area contributed by atoms with Gasteiger partial charge in [0.15, 0.2) is 0 Å². The van der Waals surface area contributed by atoms with E-state index in [0.29, 0.717) is 15.7 Å². The van der Waals surface area contributed by atoms with Crippen LogP contribution in [0.5, 0.6) is 5.75 Å². The van der Waals surface area contributed by atoms with Crippen LogP contribution in [0.4, 0.5) is 11.4 Å². The van der Waals surface area contributed by atoms with Crippen molar-refractivity contribution in [3.63, 3.8) is 0 Å². The molecule has 0 radical (unpaired) electrons. The highest BCUT2D eigenvalue weighted by molar-refractivity contribution is 9.10. The summed E-state index contributed by atoms with van der Waals surface area (Å²) in [6, 6.07) is 9.01. The third-order valence-electron chi connectivity index (χ3n) is 2.75. The van der Waals surface area contributed by atoms with Crippen LogP contribution in [0, 0.1) is 6.92 Å². The zero-order valence-corrected chi connectivity index (χ0v) is 13.0. The molecule has 0 heterocycles. The van der Waals surface area contributed by atoms with Crippen LogP contribution in [-0.2, 0) is 10.0 Å². The van der Waals surface area contributed by atoms with Crippen LogP contribution in [0.3, 0.4) is 0 Å². The highest BCUT2D eigenvalue weighted by atomic mass is 79.9. The molecule has 0 aromatic heterocycles. The molecule has 2 aromatic carbocycles. The summed E-state index contributed by atoms with van der Waals surface area (Å²) in [4.78, 5) is 0.0905. The van der Waals surface area contributed by atoms with Gasteiger partial charge >= 0.3 is 0 Å². The van der Waals surface area contributed by atoms with E-state index in [0.717, 1.165) is 0 Å².